The summed E-state index contributed by atoms with van der Waals surface area (Å²) in [5, 5.41) is 15.4. The van der Waals surface area contributed by atoms with Crippen molar-refractivity contribution < 1.29 is 14.6 Å². The van der Waals surface area contributed by atoms with Gasteiger partial charge in [0.05, 0.1) is 13.2 Å². The summed E-state index contributed by atoms with van der Waals surface area (Å²) < 4.78 is 5.06. The van der Waals surface area contributed by atoms with Crippen LogP contribution >= 0.6 is 0 Å². The van der Waals surface area contributed by atoms with E-state index in [2.05, 4.69) is 10.6 Å². The highest BCUT2D eigenvalue weighted by atomic mass is 16.5. The average Bonchev–Trinajstić information content (AvgIpc) is 2.52. The molecule has 2 aromatic rings. The standard InChI is InChI=1S/C17H20N2O3/c1-12-4-3-5-14(10-12)19-17(21)18-11-16(20)13-6-8-15(22-2)9-7-13/h3-10,16,20H,11H2,1-2H3,(H2,18,19,21). The van der Waals surface area contributed by atoms with Crippen molar-refractivity contribution in [2.24, 2.45) is 0 Å². The zero-order chi connectivity index (χ0) is 15.9. The molecule has 0 aromatic heterocycles. The van der Waals surface area contributed by atoms with Crippen LogP contribution in [0, 0.1) is 6.92 Å². The van der Waals surface area contributed by atoms with Crippen LogP contribution in [0.1, 0.15) is 17.2 Å². The Balaban J connectivity index is 1.84. The third kappa shape index (κ3) is 4.49. The van der Waals surface area contributed by atoms with Gasteiger partial charge in [-0.25, -0.2) is 4.79 Å². The zero-order valence-corrected chi connectivity index (χ0v) is 12.7. The highest BCUT2D eigenvalue weighted by Gasteiger charge is 2.09. The van der Waals surface area contributed by atoms with Gasteiger partial charge in [0.2, 0.25) is 0 Å². The molecule has 0 bridgehead atoms. The summed E-state index contributed by atoms with van der Waals surface area (Å²) in [6.07, 6.45) is -0.769. The number of anilines is 1. The molecule has 2 aromatic carbocycles. The molecule has 1 unspecified atom stereocenters. The third-order valence-electron chi connectivity index (χ3n) is 3.23. The number of aryl methyl sites for hydroxylation is 1. The fourth-order valence-electron chi connectivity index (χ4n) is 2.03. The molecular weight excluding hydrogens is 280 g/mol. The number of aliphatic hydroxyl groups excluding tert-OH is 1. The summed E-state index contributed by atoms with van der Waals surface area (Å²) >= 11 is 0. The second kappa shape index (κ2) is 7.47. The zero-order valence-electron chi connectivity index (χ0n) is 12.7. The molecule has 0 spiro atoms. The van der Waals surface area contributed by atoms with Crippen molar-refractivity contribution in [3.05, 3.63) is 59.7 Å². The van der Waals surface area contributed by atoms with Gasteiger partial charge in [0, 0.05) is 12.2 Å². The van der Waals surface area contributed by atoms with Crippen molar-refractivity contribution in [3.8, 4) is 5.75 Å². The highest BCUT2D eigenvalue weighted by molar-refractivity contribution is 5.89. The van der Waals surface area contributed by atoms with Crippen LogP contribution in [-0.4, -0.2) is 24.8 Å². The van der Waals surface area contributed by atoms with Crippen LogP contribution in [0.25, 0.3) is 0 Å². The van der Waals surface area contributed by atoms with Crippen LogP contribution in [0.2, 0.25) is 0 Å². The van der Waals surface area contributed by atoms with E-state index in [1.54, 1.807) is 31.4 Å². The van der Waals surface area contributed by atoms with E-state index in [4.69, 9.17) is 4.74 Å². The quantitative estimate of drug-likeness (QED) is 0.795. The number of carbonyl (C=O) groups is 1. The Bertz CT molecular complexity index is 626. The predicted molar refractivity (Wildman–Crippen MR) is 86.2 cm³/mol. The van der Waals surface area contributed by atoms with Crippen LogP contribution in [-0.2, 0) is 0 Å². The number of methoxy groups -OCH3 is 1. The molecular formula is C17H20N2O3. The summed E-state index contributed by atoms with van der Waals surface area (Å²) in [5.41, 5.74) is 2.50. The molecule has 2 amide bonds. The molecule has 5 heteroatoms. The fraction of sp³-hybridized carbons (Fsp3) is 0.235. The Hall–Kier alpha value is -2.53. The second-order valence-corrected chi connectivity index (χ2v) is 4.99. The summed E-state index contributed by atoms with van der Waals surface area (Å²) in [6.45, 7) is 2.08. The van der Waals surface area contributed by atoms with Crippen molar-refractivity contribution in [2.75, 3.05) is 19.0 Å². The lowest BCUT2D eigenvalue weighted by molar-refractivity contribution is 0.175. The third-order valence-corrected chi connectivity index (χ3v) is 3.23. The lowest BCUT2D eigenvalue weighted by Crippen LogP contribution is -2.32. The summed E-state index contributed by atoms with van der Waals surface area (Å²) in [7, 11) is 1.59. The van der Waals surface area contributed by atoms with Crippen LogP contribution in [0.15, 0.2) is 48.5 Å². The van der Waals surface area contributed by atoms with Crippen molar-refractivity contribution in [3.63, 3.8) is 0 Å². The number of amides is 2. The highest BCUT2D eigenvalue weighted by Crippen LogP contribution is 2.17. The van der Waals surface area contributed by atoms with Gasteiger partial charge in [0.25, 0.3) is 0 Å². The maximum Gasteiger partial charge on any atom is 0.319 e. The molecule has 5 nitrogen and oxygen atoms in total. The molecule has 0 fully saturated rings. The number of hydrogen-bond donors (Lipinski definition) is 3. The van der Waals surface area contributed by atoms with Gasteiger partial charge in [-0.1, -0.05) is 24.3 Å². The second-order valence-electron chi connectivity index (χ2n) is 4.99. The molecule has 0 heterocycles. The Kier molecular flexibility index (Phi) is 5.38. The van der Waals surface area contributed by atoms with E-state index in [1.807, 2.05) is 31.2 Å². The van der Waals surface area contributed by atoms with Crippen LogP contribution < -0.4 is 15.4 Å². The first-order chi connectivity index (χ1) is 10.6. The van der Waals surface area contributed by atoms with Crippen LogP contribution in [0.5, 0.6) is 5.75 Å². The maximum atomic E-state index is 11.8. The average molecular weight is 300 g/mol. The van der Waals surface area contributed by atoms with Crippen molar-refractivity contribution >= 4 is 11.7 Å². The first-order valence-corrected chi connectivity index (χ1v) is 7.02. The van der Waals surface area contributed by atoms with Crippen LogP contribution in [0.4, 0.5) is 10.5 Å². The van der Waals surface area contributed by atoms with E-state index in [0.717, 1.165) is 22.6 Å². The molecule has 0 saturated carbocycles. The number of rotatable bonds is 5. The van der Waals surface area contributed by atoms with E-state index in [-0.39, 0.29) is 12.6 Å². The lowest BCUT2D eigenvalue weighted by Gasteiger charge is -2.13. The van der Waals surface area contributed by atoms with Gasteiger partial charge >= 0.3 is 6.03 Å². The molecule has 3 N–H and O–H groups in total. The number of carbonyl (C=O) groups excluding carboxylic acids is 1. The van der Waals surface area contributed by atoms with Crippen LogP contribution in [0.3, 0.4) is 0 Å². The van der Waals surface area contributed by atoms with Crippen molar-refractivity contribution in [1.82, 2.24) is 5.32 Å². The summed E-state index contributed by atoms with van der Waals surface area (Å²) in [5.74, 6) is 0.723. The molecule has 0 aliphatic heterocycles. The topological polar surface area (TPSA) is 70.6 Å². The SMILES string of the molecule is COc1ccc(C(O)CNC(=O)Nc2cccc(C)c2)cc1. The van der Waals surface area contributed by atoms with Crippen molar-refractivity contribution in [1.29, 1.82) is 0 Å². The maximum absolute atomic E-state index is 11.8. The lowest BCUT2D eigenvalue weighted by atomic mass is 10.1. The van der Waals surface area contributed by atoms with E-state index >= 15 is 0 Å². The van der Waals surface area contributed by atoms with Crippen molar-refractivity contribution in [2.45, 2.75) is 13.0 Å². The Morgan fingerprint density at radius 2 is 1.95 bits per heavy atom. The number of aliphatic hydroxyl groups is 1. The Morgan fingerprint density at radius 1 is 1.23 bits per heavy atom. The van der Waals surface area contributed by atoms with Gasteiger partial charge < -0.3 is 20.5 Å². The molecule has 0 radical (unpaired) electrons. The molecule has 0 saturated heterocycles. The minimum absolute atomic E-state index is 0.129. The number of nitrogens with one attached hydrogen (secondary N) is 2. The van der Waals surface area contributed by atoms with Gasteiger partial charge in [0.1, 0.15) is 5.75 Å². The van der Waals surface area contributed by atoms with Gasteiger partial charge in [-0.3, -0.25) is 0 Å². The number of ether oxygens (including phenoxy) is 1. The minimum Gasteiger partial charge on any atom is -0.497 e. The van der Waals surface area contributed by atoms with Gasteiger partial charge in [-0.2, -0.15) is 0 Å². The van der Waals surface area contributed by atoms with E-state index in [1.165, 1.54) is 0 Å². The van der Waals surface area contributed by atoms with Gasteiger partial charge in [-0.05, 0) is 42.3 Å². The first kappa shape index (κ1) is 15.9. The minimum atomic E-state index is -0.769. The van der Waals surface area contributed by atoms with E-state index in [9.17, 15) is 9.90 Å². The Labute approximate surface area is 129 Å². The molecule has 0 aliphatic rings. The smallest absolute Gasteiger partial charge is 0.319 e. The molecule has 0 aliphatic carbocycles. The van der Waals surface area contributed by atoms with Gasteiger partial charge in [0.15, 0.2) is 0 Å². The summed E-state index contributed by atoms with van der Waals surface area (Å²) in [4.78, 5) is 11.8. The van der Waals surface area contributed by atoms with Gasteiger partial charge in [-0.15, -0.1) is 0 Å². The molecule has 1 atom stereocenters. The van der Waals surface area contributed by atoms with E-state index < -0.39 is 6.10 Å². The normalized spacial score (nSPS) is 11.6. The molecule has 2 rings (SSSR count). The van der Waals surface area contributed by atoms with E-state index in [0.29, 0.717) is 0 Å². The largest absolute Gasteiger partial charge is 0.497 e. The Morgan fingerprint density at radius 3 is 2.59 bits per heavy atom. The summed E-state index contributed by atoms with van der Waals surface area (Å²) in [6, 6.07) is 14.2. The fourth-order valence-corrected chi connectivity index (χ4v) is 2.03. The predicted octanol–water partition coefficient (Wildman–Crippen LogP) is 2.86. The first-order valence-electron chi connectivity index (χ1n) is 7.02. The molecule has 116 valence electrons. The number of benzene rings is 2. The number of urea groups is 1. The monoisotopic (exact) mass is 300 g/mol. The number of hydrogen-bond acceptors (Lipinski definition) is 3. The molecule has 22 heavy (non-hydrogen) atoms.